The molecule has 1 N–H and O–H groups in total. The highest BCUT2D eigenvalue weighted by Gasteiger charge is 2.21. The summed E-state index contributed by atoms with van der Waals surface area (Å²) in [6.45, 7) is 4.51. The van der Waals surface area contributed by atoms with E-state index in [4.69, 9.17) is 23.2 Å². The molecule has 1 aliphatic heterocycles. The van der Waals surface area contributed by atoms with Crippen molar-refractivity contribution in [3.8, 4) is 0 Å². The topological polar surface area (TPSA) is 15.3 Å². The number of likely N-dealkylation sites (tertiary alicyclic amines) is 1. The van der Waals surface area contributed by atoms with Crippen LogP contribution in [0.4, 0.5) is 0 Å². The second kappa shape index (κ2) is 6.94. The Balaban J connectivity index is 2.07. The van der Waals surface area contributed by atoms with Gasteiger partial charge in [0.05, 0.1) is 0 Å². The van der Waals surface area contributed by atoms with Crippen LogP contribution in [0.5, 0.6) is 0 Å². The van der Waals surface area contributed by atoms with E-state index in [2.05, 4.69) is 24.2 Å². The summed E-state index contributed by atoms with van der Waals surface area (Å²) in [7, 11) is 2.18. The molecule has 1 heterocycles. The molecule has 0 saturated carbocycles. The predicted molar refractivity (Wildman–Crippen MR) is 83.1 cm³/mol. The number of piperidine rings is 1. The lowest BCUT2D eigenvalue weighted by molar-refractivity contribution is 0.215. The first-order chi connectivity index (χ1) is 9.10. The summed E-state index contributed by atoms with van der Waals surface area (Å²) in [5.74, 6) is 0. The summed E-state index contributed by atoms with van der Waals surface area (Å²) in [5, 5.41) is 5.20. The molecule has 0 aliphatic carbocycles. The maximum Gasteiger partial charge on any atom is 0.0468 e. The van der Waals surface area contributed by atoms with E-state index in [1.165, 1.54) is 19.4 Å². The first kappa shape index (κ1) is 15.1. The molecular weight excluding hydrogens is 279 g/mol. The van der Waals surface area contributed by atoms with Crippen LogP contribution in [0.1, 0.15) is 37.8 Å². The molecule has 0 radical (unpaired) electrons. The molecule has 1 aromatic rings. The molecule has 19 heavy (non-hydrogen) atoms. The fourth-order valence-corrected chi connectivity index (χ4v) is 3.34. The largest absolute Gasteiger partial charge is 0.306 e. The van der Waals surface area contributed by atoms with Gasteiger partial charge in [-0.25, -0.2) is 0 Å². The van der Waals surface area contributed by atoms with Gasteiger partial charge in [0.15, 0.2) is 0 Å². The molecule has 1 saturated heterocycles. The van der Waals surface area contributed by atoms with Crippen molar-refractivity contribution in [3.63, 3.8) is 0 Å². The number of nitrogens with one attached hydrogen (secondary N) is 1. The Hall–Kier alpha value is -0.280. The molecule has 0 bridgehead atoms. The van der Waals surface area contributed by atoms with E-state index >= 15 is 0 Å². The van der Waals surface area contributed by atoms with Crippen molar-refractivity contribution in [1.29, 1.82) is 0 Å². The SMILES string of the molecule is CCC(NC1CCCN(C)C1)c1ccc(Cl)cc1Cl. The van der Waals surface area contributed by atoms with Crippen LogP contribution < -0.4 is 5.32 Å². The molecular formula is C15H22Cl2N2. The quantitative estimate of drug-likeness (QED) is 0.899. The number of hydrogen-bond acceptors (Lipinski definition) is 2. The Morgan fingerprint density at radius 3 is 2.84 bits per heavy atom. The first-order valence-corrected chi connectivity index (χ1v) is 7.75. The lowest BCUT2D eigenvalue weighted by Gasteiger charge is -2.33. The fourth-order valence-electron chi connectivity index (χ4n) is 2.80. The molecule has 0 amide bonds. The van der Waals surface area contributed by atoms with Gasteiger partial charge in [-0.3, -0.25) is 0 Å². The molecule has 0 spiro atoms. The van der Waals surface area contributed by atoms with Crippen molar-refractivity contribution >= 4 is 23.2 Å². The standard InChI is InChI=1S/C15H22Cl2N2/c1-3-15(13-7-6-11(16)9-14(13)17)18-12-5-4-8-19(2)10-12/h6-7,9,12,15,18H,3-5,8,10H2,1-2H3. The zero-order chi connectivity index (χ0) is 13.8. The Labute approximate surface area is 126 Å². The van der Waals surface area contributed by atoms with E-state index in [9.17, 15) is 0 Å². The van der Waals surface area contributed by atoms with Crippen molar-refractivity contribution in [2.24, 2.45) is 0 Å². The minimum Gasteiger partial charge on any atom is -0.306 e. The summed E-state index contributed by atoms with van der Waals surface area (Å²) in [6.07, 6.45) is 3.53. The van der Waals surface area contributed by atoms with Gasteiger partial charge in [-0.1, -0.05) is 36.2 Å². The number of benzene rings is 1. The molecule has 1 aliphatic rings. The number of rotatable bonds is 4. The summed E-state index contributed by atoms with van der Waals surface area (Å²) < 4.78 is 0. The number of nitrogens with zero attached hydrogens (tertiary/aromatic N) is 1. The van der Waals surface area contributed by atoms with Crippen LogP contribution in [0, 0.1) is 0 Å². The molecule has 2 rings (SSSR count). The highest BCUT2D eigenvalue weighted by molar-refractivity contribution is 6.35. The number of halogens is 2. The van der Waals surface area contributed by atoms with Crippen molar-refractivity contribution < 1.29 is 0 Å². The molecule has 0 aromatic heterocycles. The minimum atomic E-state index is 0.307. The molecule has 1 fully saturated rings. The third-order valence-electron chi connectivity index (χ3n) is 3.81. The van der Waals surface area contributed by atoms with Crippen molar-refractivity contribution in [2.75, 3.05) is 20.1 Å². The van der Waals surface area contributed by atoms with Gasteiger partial charge in [-0.2, -0.15) is 0 Å². The Morgan fingerprint density at radius 1 is 1.42 bits per heavy atom. The van der Waals surface area contributed by atoms with E-state index in [-0.39, 0.29) is 0 Å². The highest BCUT2D eigenvalue weighted by Crippen LogP contribution is 2.29. The van der Waals surface area contributed by atoms with Crippen LogP contribution in [-0.4, -0.2) is 31.1 Å². The van der Waals surface area contributed by atoms with Crippen LogP contribution in [0.3, 0.4) is 0 Å². The second-order valence-corrected chi connectivity index (χ2v) is 6.24. The summed E-state index contributed by atoms with van der Waals surface area (Å²) in [4.78, 5) is 2.39. The van der Waals surface area contributed by atoms with E-state index in [1.54, 1.807) is 0 Å². The summed E-state index contributed by atoms with van der Waals surface area (Å²) in [6, 6.07) is 6.64. The van der Waals surface area contributed by atoms with Gasteiger partial charge in [0.2, 0.25) is 0 Å². The van der Waals surface area contributed by atoms with E-state index in [0.29, 0.717) is 17.1 Å². The Morgan fingerprint density at radius 2 is 2.21 bits per heavy atom. The molecule has 2 unspecified atom stereocenters. The van der Waals surface area contributed by atoms with Crippen LogP contribution in [0.2, 0.25) is 10.0 Å². The van der Waals surface area contributed by atoms with E-state index < -0.39 is 0 Å². The molecule has 1 aromatic carbocycles. The lowest BCUT2D eigenvalue weighted by Crippen LogP contribution is -2.45. The normalized spacial score (nSPS) is 22.4. The van der Waals surface area contributed by atoms with Crippen molar-refractivity contribution in [2.45, 2.75) is 38.3 Å². The van der Waals surface area contributed by atoms with E-state index in [0.717, 1.165) is 23.6 Å². The number of likely N-dealkylation sites (N-methyl/N-ethyl adjacent to an activating group) is 1. The Kier molecular flexibility index (Phi) is 5.52. The van der Waals surface area contributed by atoms with Gasteiger partial charge >= 0.3 is 0 Å². The molecule has 2 atom stereocenters. The fraction of sp³-hybridized carbons (Fsp3) is 0.600. The predicted octanol–water partition coefficient (Wildman–Crippen LogP) is 4.13. The summed E-state index contributed by atoms with van der Waals surface area (Å²) in [5.41, 5.74) is 1.15. The average Bonchev–Trinajstić information content (AvgIpc) is 2.37. The van der Waals surface area contributed by atoms with Gasteiger partial charge in [0.1, 0.15) is 0 Å². The summed E-state index contributed by atoms with van der Waals surface area (Å²) >= 11 is 12.3. The molecule has 2 nitrogen and oxygen atoms in total. The van der Waals surface area contributed by atoms with Gasteiger partial charge in [-0.05, 0) is 50.6 Å². The zero-order valence-electron chi connectivity index (χ0n) is 11.6. The van der Waals surface area contributed by atoms with Gasteiger partial charge in [-0.15, -0.1) is 0 Å². The van der Waals surface area contributed by atoms with Crippen molar-refractivity contribution in [3.05, 3.63) is 33.8 Å². The second-order valence-electron chi connectivity index (χ2n) is 5.39. The third-order valence-corrected chi connectivity index (χ3v) is 4.37. The molecule has 4 heteroatoms. The van der Waals surface area contributed by atoms with Crippen LogP contribution in [-0.2, 0) is 0 Å². The van der Waals surface area contributed by atoms with Crippen LogP contribution in [0.15, 0.2) is 18.2 Å². The smallest absolute Gasteiger partial charge is 0.0468 e. The van der Waals surface area contributed by atoms with E-state index in [1.807, 2.05) is 18.2 Å². The number of hydrogen-bond donors (Lipinski definition) is 1. The minimum absolute atomic E-state index is 0.307. The monoisotopic (exact) mass is 300 g/mol. The van der Waals surface area contributed by atoms with Crippen LogP contribution in [0.25, 0.3) is 0 Å². The molecule has 106 valence electrons. The highest BCUT2D eigenvalue weighted by atomic mass is 35.5. The van der Waals surface area contributed by atoms with Gasteiger partial charge in [0.25, 0.3) is 0 Å². The Bertz CT molecular complexity index is 423. The zero-order valence-corrected chi connectivity index (χ0v) is 13.1. The van der Waals surface area contributed by atoms with Crippen LogP contribution >= 0.6 is 23.2 Å². The maximum atomic E-state index is 6.31. The van der Waals surface area contributed by atoms with Crippen molar-refractivity contribution in [1.82, 2.24) is 10.2 Å². The lowest BCUT2D eigenvalue weighted by atomic mass is 10.00. The maximum absolute atomic E-state index is 6.31. The first-order valence-electron chi connectivity index (χ1n) is 6.99. The van der Waals surface area contributed by atoms with Gasteiger partial charge in [0, 0.05) is 28.7 Å². The third kappa shape index (κ3) is 4.09. The van der Waals surface area contributed by atoms with Gasteiger partial charge < -0.3 is 10.2 Å². The average molecular weight is 301 g/mol.